The predicted molar refractivity (Wildman–Crippen MR) is 93.9 cm³/mol. The molecule has 0 N–H and O–H groups in total. The van der Waals surface area contributed by atoms with E-state index in [0.29, 0.717) is 0 Å². The first-order chi connectivity index (χ1) is 9.74. The van der Waals surface area contributed by atoms with Crippen molar-refractivity contribution >= 4 is 0 Å². The first-order valence-electron chi connectivity index (χ1n) is 7.95. The lowest BCUT2D eigenvalue weighted by Gasteiger charge is -2.23. The lowest BCUT2D eigenvalue weighted by Crippen LogP contribution is -2.15. The summed E-state index contributed by atoms with van der Waals surface area (Å²) in [7, 11) is 0. The maximum atomic E-state index is 2.32. The fourth-order valence-corrected chi connectivity index (χ4v) is 2.48. The summed E-state index contributed by atoms with van der Waals surface area (Å²) in [5.74, 6) is 0. The summed E-state index contributed by atoms with van der Waals surface area (Å²) in [6.45, 7) is 13.7. The lowest BCUT2D eigenvalue weighted by molar-refractivity contribution is 0.506. The standard InChI is InChI=1S/C21H28/c1-7-21(5,6)18-13-11-16(12-14-18)17-9-8-10-19(15-17)20(2,3)4/h8-15H,7H2,1-6H3. The van der Waals surface area contributed by atoms with Crippen LogP contribution in [0.1, 0.15) is 59.1 Å². The molecule has 2 rings (SSSR count). The largest absolute Gasteiger partial charge is 0.0646 e. The van der Waals surface area contributed by atoms with E-state index < -0.39 is 0 Å². The Hall–Kier alpha value is -1.56. The fraction of sp³-hybridized carbons (Fsp3) is 0.429. The molecule has 0 spiro atoms. The molecule has 0 aliphatic rings. The predicted octanol–water partition coefficient (Wildman–Crippen LogP) is 6.34. The molecule has 0 amide bonds. The van der Waals surface area contributed by atoms with Gasteiger partial charge in [0, 0.05) is 0 Å². The molecule has 0 unspecified atom stereocenters. The van der Waals surface area contributed by atoms with Crippen LogP contribution in [0.15, 0.2) is 48.5 Å². The van der Waals surface area contributed by atoms with Crippen LogP contribution in [0.3, 0.4) is 0 Å². The van der Waals surface area contributed by atoms with E-state index in [4.69, 9.17) is 0 Å². The highest BCUT2D eigenvalue weighted by Crippen LogP contribution is 2.31. The minimum Gasteiger partial charge on any atom is -0.0646 e. The van der Waals surface area contributed by atoms with Gasteiger partial charge in [0.05, 0.1) is 0 Å². The fourth-order valence-electron chi connectivity index (χ4n) is 2.48. The molecule has 0 aliphatic carbocycles. The van der Waals surface area contributed by atoms with Gasteiger partial charge in [0.25, 0.3) is 0 Å². The first-order valence-corrected chi connectivity index (χ1v) is 7.95. The van der Waals surface area contributed by atoms with E-state index in [1.54, 1.807) is 0 Å². The van der Waals surface area contributed by atoms with E-state index in [1.165, 1.54) is 22.3 Å². The Morgan fingerprint density at radius 2 is 1.33 bits per heavy atom. The summed E-state index contributed by atoms with van der Waals surface area (Å²) >= 11 is 0. The summed E-state index contributed by atoms with van der Waals surface area (Å²) in [6.07, 6.45) is 1.16. The van der Waals surface area contributed by atoms with Gasteiger partial charge in [-0.3, -0.25) is 0 Å². The number of benzene rings is 2. The lowest BCUT2D eigenvalue weighted by atomic mass is 9.81. The van der Waals surface area contributed by atoms with Crippen LogP contribution in [0, 0.1) is 0 Å². The van der Waals surface area contributed by atoms with E-state index in [-0.39, 0.29) is 10.8 Å². The van der Waals surface area contributed by atoms with Crippen molar-refractivity contribution in [2.75, 3.05) is 0 Å². The number of hydrogen-bond donors (Lipinski definition) is 0. The molecular formula is C21H28. The molecule has 0 atom stereocenters. The summed E-state index contributed by atoms with van der Waals surface area (Å²) < 4.78 is 0. The van der Waals surface area contributed by atoms with Crippen LogP contribution in [-0.4, -0.2) is 0 Å². The molecule has 0 fully saturated rings. The van der Waals surface area contributed by atoms with E-state index in [2.05, 4.69) is 90.1 Å². The second-order valence-electron chi connectivity index (χ2n) is 7.65. The van der Waals surface area contributed by atoms with Gasteiger partial charge in [-0.2, -0.15) is 0 Å². The molecule has 2 aromatic rings. The summed E-state index contributed by atoms with van der Waals surface area (Å²) in [5.41, 5.74) is 5.87. The van der Waals surface area contributed by atoms with Gasteiger partial charge < -0.3 is 0 Å². The van der Waals surface area contributed by atoms with Crippen molar-refractivity contribution in [3.63, 3.8) is 0 Å². The van der Waals surface area contributed by atoms with Gasteiger partial charge >= 0.3 is 0 Å². The smallest absolute Gasteiger partial charge is 0.0106 e. The molecule has 112 valence electrons. The third-order valence-electron chi connectivity index (χ3n) is 4.61. The average Bonchev–Trinajstić information content (AvgIpc) is 2.47. The highest BCUT2D eigenvalue weighted by molar-refractivity contribution is 5.65. The molecule has 0 saturated heterocycles. The van der Waals surface area contributed by atoms with Crippen molar-refractivity contribution in [2.45, 2.75) is 58.8 Å². The monoisotopic (exact) mass is 280 g/mol. The van der Waals surface area contributed by atoms with Crippen molar-refractivity contribution in [2.24, 2.45) is 0 Å². The zero-order valence-electron chi connectivity index (χ0n) is 14.3. The SMILES string of the molecule is CCC(C)(C)c1ccc(-c2cccc(C(C)(C)C)c2)cc1. The second-order valence-corrected chi connectivity index (χ2v) is 7.65. The number of rotatable bonds is 3. The summed E-state index contributed by atoms with van der Waals surface area (Å²) in [5, 5.41) is 0. The minimum atomic E-state index is 0.195. The van der Waals surface area contributed by atoms with Crippen molar-refractivity contribution in [1.29, 1.82) is 0 Å². The van der Waals surface area contributed by atoms with Gasteiger partial charge in [0.1, 0.15) is 0 Å². The Bertz CT molecular complexity index is 595. The van der Waals surface area contributed by atoms with Crippen LogP contribution < -0.4 is 0 Å². The van der Waals surface area contributed by atoms with Crippen LogP contribution in [0.2, 0.25) is 0 Å². The summed E-state index contributed by atoms with van der Waals surface area (Å²) in [6, 6.07) is 18.0. The molecule has 0 heterocycles. The molecule has 21 heavy (non-hydrogen) atoms. The zero-order chi connectivity index (χ0) is 15.7. The Balaban J connectivity index is 2.36. The van der Waals surface area contributed by atoms with Crippen LogP contribution >= 0.6 is 0 Å². The van der Waals surface area contributed by atoms with Crippen LogP contribution in [0.25, 0.3) is 11.1 Å². The van der Waals surface area contributed by atoms with E-state index in [1.807, 2.05) is 0 Å². The van der Waals surface area contributed by atoms with Crippen molar-refractivity contribution in [3.05, 3.63) is 59.7 Å². The second kappa shape index (κ2) is 5.67. The van der Waals surface area contributed by atoms with Gasteiger partial charge in [0.2, 0.25) is 0 Å². The van der Waals surface area contributed by atoms with Gasteiger partial charge in [0.15, 0.2) is 0 Å². The van der Waals surface area contributed by atoms with Crippen LogP contribution in [-0.2, 0) is 10.8 Å². The Labute approximate surface area is 130 Å². The van der Waals surface area contributed by atoms with Gasteiger partial charge in [-0.05, 0) is 39.5 Å². The minimum absolute atomic E-state index is 0.195. The van der Waals surface area contributed by atoms with Gasteiger partial charge in [-0.15, -0.1) is 0 Å². The normalized spacial score (nSPS) is 12.5. The molecule has 0 heteroatoms. The van der Waals surface area contributed by atoms with Crippen LogP contribution in [0.4, 0.5) is 0 Å². The zero-order valence-corrected chi connectivity index (χ0v) is 14.3. The molecule has 0 bridgehead atoms. The Morgan fingerprint density at radius 3 is 1.86 bits per heavy atom. The highest BCUT2D eigenvalue weighted by Gasteiger charge is 2.18. The Kier molecular flexibility index (Phi) is 4.27. The molecule has 0 nitrogen and oxygen atoms in total. The quantitative estimate of drug-likeness (QED) is 0.615. The number of hydrogen-bond acceptors (Lipinski definition) is 0. The third-order valence-corrected chi connectivity index (χ3v) is 4.61. The summed E-state index contributed by atoms with van der Waals surface area (Å²) in [4.78, 5) is 0. The molecule has 2 aromatic carbocycles. The highest BCUT2D eigenvalue weighted by atomic mass is 14.2. The Morgan fingerprint density at radius 1 is 0.714 bits per heavy atom. The van der Waals surface area contributed by atoms with Crippen molar-refractivity contribution in [3.8, 4) is 11.1 Å². The molecule has 0 radical (unpaired) electrons. The van der Waals surface area contributed by atoms with E-state index in [0.717, 1.165) is 6.42 Å². The van der Waals surface area contributed by atoms with Gasteiger partial charge in [-0.25, -0.2) is 0 Å². The maximum Gasteiger partial charge on any atom is -0.0106 e. The molecule has 0 aromatic heterocycles. The van der Waals surface area contributed by atoms with Crippen molar-refractivity contribution in [1.82, 2.24) is 0 Å². The average molecular weight is 280 g/mol. The van der Waals surface area contributed by atoms with Crippen molar-refractivity contribution < 1.29 is 0 Å². The molecule has 0 aliphatic heterocycles. The third kappa shape index (κ3) is 3.56. The molecular weight excluding hydrogens is 252 g/mol. The maximum absolute atomic E-state index is 2.32. The molecule has 0 saturated carbocycles. The van der Waals surface area contributed by atoms with Crippen LogP contribution in [0.5, 0.6) is 0 Å². The van der Waals surface area contributed by atoms with E-state index >= 15 is 0 Å². The topological polar surface area (TPSA) is 0 Å². The van der Waals surface area contributed by atoms with Gasteiger partial charge in [-0.1, -0.05) is 90.1 Å². The first kappa shape index (κ1) is 15.8. The van der Waals surface area contributed by atoms with E-state index in [9.17, 15) is 0 Å².